The number of nitrogens with one attached hydrogen (secondary N) is 2. The van der Waals surface area contributed by atoms with Crippen molar-refractivity contribution in [3.05, 3.63) is 29.8 Å². The van der Waals surface area contributed by atoms with Gasteiger partial charge in [0.1, 0.15) is 6.54 Å². The summed E-state index contributed by atoms with van der Waals surface area (Å²) in [5, 5.41) is 5.99. The molecule has 1 fully saturated rings. The number of anilines is 1. The van der Waals surface area contributed by atoms with Gasteiger partial charge < -0.3 is 15.4 Å². The van der Waals surface area contributed by atoms with Gasteiger partial charge in [-0.1, -0.05) is 70.6 Å². The monoisotopic (exact) mass is 416 g/mol. The number of hydrogen-bond donors (Lipinski definition) is 2. The highest BCUT2D eigenvalue weighted by molar-refractivity contribution is 5.96. The van der Waals surface area contributed by atoms with Crippen molar-refractivity contribution in [1.29, 1.82) is 0 Å². The van der Waals surface area contributed by atoms with E-state index in [1.807, 2.05) is 12.1 Å². The van der Waals surface area contributed by atoms with Crippen LogP contribution in [0.25, 0.3) is 0 Å². The Labute approximate surface area is 182 Å². The first-order valence-corrected chi connectivity index (χ1v) is 12.0. The van der Waals surface area contributed by atoms with E-state index in [4.69, 9.17) is 4.74 Å². The minimum atomic E-state index is -0.423. The molecule has 0 spiro atoms. The summed E-state index contributed by atoms with van der Waals surface area (Å²) in [6, 6.07) is 7.36. The van der Waals surface area contributed by atoms with Crippen LogP contribution in [0.1, 0.15) is 94.3 Å². The third-order valence-corrected chi connectivity index (χ3v) is 5.94. The fraction of sp³-hybridized carbons (Fsp3) is 0.680. The quantitative estimate of drug-likeness (QED) is 0.301. The van der Waals surface area contributed by atoms with Crippen molar-refractivity contribution in [2.45, 2.75) is 84.0 Å². The predicted octanol–water partition coefficient (Wildman–Crippen LogP) is 5.70. The summed E-state index contributed by atoms with van der Waals surface area (Å²) < 4.78 is 4.80. The number of carbonyl (C=O) groups is 2. The molecule has 0 saturated heterocycles. The first-order valence-electron chi connectivity index (χ1n) is 12.0. The molecule has 0 heterocycles. The summed E-state index contributed by atoms with van der Waals surface area (Å²) >= 11 is 0. The van der Waals surface area contributed by atoms with Crippen LogP contribution in [0.4, 0.5) is 5.69 Å². The highest BCUT2D eigenvalue weighted by atomic mass is 16.5. The Morgan fingerprint density at radius 1 is 0.933 bits per heavy atom. The molecule has 0 bridgehead atoms. The Hall–Kier alpha value is -2.04. The molecule has 0 radical (unpaired) electrons. The van der Waals surface area contributed by atoms with E-state index in [1.165, 1.54) is 77.0 Å². The zero-order chi connectivity index (χ0) is 21.4. The summed E-state index contributed by atoms with van der Waals surface area (Å²) in [7, 11) is 0. The number of hydrogen-bond acceptors (Lipinski definition) is 4. The molecule has 2 N–H and O–H groups in total. The van der Waals surface area contributed by atoms with E-state index in [9.17, 15) is 9.59 Å². The Bertz CT molecular complexity index is 609. The van der Waals surface area contributed by atoms with Gasteiger partial charge in [0.15, 0.2) is 0 Å². The fourth-order valence-corrected chi connectivity index (χ4v) is 4.18. The largest absolute Gasteiger partial charge is 0.465 e. The highest BCUT2D eigenvalue weighted by Gasteiger charge is 2.12. The lowest BCUT2D eigenvalue weighted by Crippen LogP contribution is -2.30. The summed E-state index contributed by atoms with van der Waals surface area (Å²) in [6.45, 7) is 2.91. The van der Waals surface area contributed by atoms with E-state index < -0.39 is 5.97 Å². The van der Waals surface area contributed by atoms with Gasteiger partial charge in [-0.15, -0.1) is 0 Å². The molecule has 1 aromatic rings. The maximum atomic E-state index is 12.0. The van der Waals surface area contributed by atoms with E-state index in [0.29, 0.717) is 12.2 Å². The summed E-state index contributed by atoms with van der Waals surface area (Å²) in [5.41, 5.74) is 1.56. The molecule has 0 aliphatic heterocycles. The van der Waals surface area contributed by atoms with Gasteiger partial charge in [-0.2, -0.15) is 0 Å². The van der Waals surface area contributed by atoms with Gasteiger partial charge >= 0.3 is 5.97 Å². The van der Waals surface area contributed by atoms with E-state index in [0.717, 1.165) is 18.2 Å². The van der Waals surface area contributed by atoms with Crippen LogP contribution in [0.2, 0.25) is 0 Å². The lowest BCUT2D eigenvalue weighted by molar-refractivity contribution is -0.141. The van der Waals surface area contributed by atoms with Gasteiger partial charge in [-0.25, -0.2) is 0 Å². The molecule has 1 aromatic carbocycles. The molecule has 0 atom stereocenters. The SMILES string of the molecule is CCOC(=O)CNC(=O)c1ccc(NCCCCCCCCC2CCCCC2)cc1. The van der Waals surface area contributed by atoms with Crippen molar-refractivity contribution in [2.24, 2.45) is 5.92 Å². The maximum absolute atomic E-state index is 12.0. The van der Waals surface area contributed by atoms with E-state index in [1.54, 1.807) is 19.1 Å². The minimum Gasteiger partial charge on any atom is -0.465 e. The highest BCUT2D eigenvalue weighted by Crippen LogP contribution is 2.28. The van der Waals surface area contributed by atoms with Crippen LogP contribution < -0.4 is 10.6 Å². The number of esters is 1. The first kappa shape index (κ1) is 24.2. The molecule has 0 aromatic heterocycles. The average molecular weight is 417 g/mol. The lowest BCUT2D eigenvalue weighted by Gasteiger charge is -2.21. The van der Waals surface area contributed by atoms with Crippen LogP contribution >= 0.6 is 0 Å². The maximum Gasteiger partial charge on any atom is 0.325 e. The predicted molar refractivity (Wildman–Crippen MR) is 123 cm³/mol. The van der Waals surface area contributed by atoms with Crippen LogP contribution in [0, 0.1) is 5.92 Å². The molecule has 1 aliphatic rings. The molecule has 5 nitrogen and oxygen atoms in total. The molecule has 5 heteroatoms. The van der Waals surface area contributed by atoms with Crippen molar-refractivity contribution >= 4 is 17.6 Å². The van der Waals surface area contributed by atoms with Crippen LogP contribution in [0.5, 0.6) is 0 Å². The molecular weight excluding hydrogens is 376 g/mol. The zero-order valence-electron chi connectivity index (χ0n) is 18.7. The standard InChI is InChI=1S/C25H40N2O3/c1-2-30-24(28)20-27-25(29)22-15-17-23(18-16-22)26-19-11-6-4-3-5-8-12-21-13-9-7-10-14-21/h15-18,21,26H,2-14,19-20H2,1H3,(H,27,29). The Balaban J connectivity index is 1.48. The van der Waals surface area contributed by atoms with Crippen LogP contribution in [0.15, 0.2) is 24.3 Å². The Morgan fingerprint density at radius 3 is 2.30 bits per heavy atom. The summed E-state index contributed by atoms with van der Waals surface area (Å²) in [5.74, 6) is 0.337. The molecule has 1 amide bonds. The van der Waals surface area contributed by atoms with Gasteiger partial charge in [0.05, 0.1) is 6.61 Å². The average Bonchev–Trinajstić information content (AvgIpc) is 2.77. The van der Waals surface area contributed by atoms with Crippen LogP contribution in [0.3, 0.4) is 0 Å². The van der Waals surface area contributed by atoms with E-state index >= 15 is 0 Å². The molecule has 168 valence electrons. The van der Waals surface area contributed by atoms with Crippen molar-refractivity contribution in [2.75, 3.05) is 25.0 Å². The summed E-state index contributed by atoms with van der Waals surface area (Å²) in [4.78, 5) is 23.3. The van der Waals surface area contributed by atoms with Crippen molar-refractivity contribution in [3.8, 4) is 0 Å². The molecule has 2 rings (SSSR count). The molecule has 1 aliphatic carbocycles. The Kier molecular flexibility index (Phi) is 12.0. The van der Waals surface area contributed by atoms with Gasteiger partial charge in [-0.3, -0.25) is 9.59 Å². The number of ether oxygens (including phenoxy) is 1. The number of unbranched alkanes of at least 4 members (excludes halogenated alkanes) is 5. The second-order valence-corrected chi connectivity index (χ2v) is 8.41. The molecule has 30 heavy (non-hydrogen) atoms. The Morgan fingerprint density at radius 2 is 1.60 bits per heavy atom. The zero-order valence-corrected chi connectivity index (χ0v) is 18.7. The smallest absolute Gasteiger partial charge is 0.325 e. The summed E-state index contributed by atoms with van der Waals surface area (Å²) in [6.07, 6.45) is 16.7. The first-order chi connectivity index (χ1) is 14.7. The lowest BCUT2D eigenvalue weighted by atomic mass is 9.85. The third kappa shape index (κ3) is 10.1. The van der Waals surface area contributed by atoms with Gasteiger partial charge in [-0.05, 0) is 43.5 Å². The molecule has 1 saturated carbocycles. The second-order valence-electron chi connectivity index (χ2n) is 8.41. The number of rotatable bonds is 14. The number of amides is 1. The van der Waals surface area contributed by atoms with E-state index in [-0.39, 0.29) is 12.5 Å². The number of carbonyl (C=O) groups excluding carboxylic acids is 2. The van der Waals surface area contributed by atoms with Crippen molar-refractivity contribution in [3.63, 3.8) is 0 Å². The van der Waals surface area contributed by atoms with Gasteiger partial charge in [0, 0.05) is 17.8 Å². The molecular formula is C25H40N2O3. The normalized spacial score (nSPS) is 14.3. The minimum absolute atomic E-state index is 0.104. The van der Waals surface area contributed by atoms with Crippen LogP contribution in [-0.2, 0) is 9.53 Å². The molecule has 0 unspecified atom stereocenters. The van der Waals surface area contributed by atoms with Gasteiger partial charge in [0.2, 0.25) is 0 Å². The van der Waals surface area contributed by atoms with Gasteiger partial charge in [0.25, 0.3) is 5.91 Å². The second kappa shape index (κ2) is 14.9. The fourth-order valence-electron chi connectivity index (χ4n) is 4.18. The third-order valence-electron chi connectivity index (χ3n) is 5.94. The van der Waals surface area contributed by atoms with E-state index in [2.05, 4.69) is 10.6 Å². The van der Waals surface area contributed by atoms with Crippen molar-refractivity contribution < 1.29 is 14.3 Å². The topological polar surface area (TPSA) is 67.4 Å². The van der Waals surface area contributed by atoms with Crippen molar-refractivity contribution in [1.82, 2.24) is 5.32 Å². The van der Waals surface area contributed by atoms with Crippen LogP contribution in [-0.4, -0.2) is 31.6 Å². The number of benzene rings is 1.